The number of nitrogens with zero attached hydrogens (tertiary/aromatic N) is 1. The van der Waals surface area contributed by atoms with Crippen LogP contribution in [-0.4, -0.2) is 12.0 Å². The first-order chi connectivity index (χ1) is 15.6. The molecule has 1 rings (SSSR count). The van der Waals surface area contributed by atoms with Crippen LogP contribution in [0.15, 0.2) is 52.7 Å². The molecule has 0 atom stereocenters. The van der Waals surface area contributed by atoms with Gasteiger partial charge >= 0.3 is 0 Å². The molecule has 0 N–H and O–H groups in total. The lowest BCUT2D eigenvalue weighted by Gasteiger charge is -2.36. The quantitative estimate of drug-likeness (QED) is 0.218. The summed E-state index contributed by atoms with van der Waals surface area (Å²) in [6.07, 6.45) is 9.75. The highest BCUT2D eigenvalue weighted by molar-refractivity contribution is 5.92. The third kappa shape index (κ3) is 7.13. The van der Waals surface area contributed by atoms with E-state index in [-0.39, 0.29) is 5.92 Å². The summed E-state index contributed by atoms with van der Waals surface area (Å²) >= 11 is 0. The number of carbonyl (C=O) groups is 1. The van der Waals surface area contributed by atoms with Crippen molar-refractivity contribution in [2.75, 3.05) is 0 Å². The summed E-state index contributed by atoms with van der Waals surface area (Å²) in [6.45, 7) is 23.5. The van der Waals surface area contributed by atoms with E-state index >= 15 is 0 Å². The Morgan fingerprint density at radius 1 is 1.09 bits per heavy atom. The van der Waals surface area contributed by atoms with Crippen LogP contribution in [0.1, 0.15) is 111 Å². The molecule has 2 nitrogen and oxygen atoms in total. The highest BCUT2D eigenvalue weighted by Crippen LogP contribution is 2.40. The summed E-state index contributed by atoms with van der Waals surface area (Å²) in [4.78, 5) is 18.2. The Labute approximate surface area is 204 Å². The van der Waals surface area contributed by atoms with Crippen molar-refractivity contribution in [3.8, 4) is 0 Å². The third-order valence-electron chi connectivity index (χ3n) is 6.74. The highest BCUT2D eigenvalue weighted by atomic mass is 16.1. The predicted octanol–water partition coefficient (Wildman–Crippen LogP) is 9.18. The van der Waals surface area contributed by atoms with Crippen LogP contribution in [0.5, 0.6) is 0 Å². The number of ketones is 1. The first-order valence-electron chi connectivity index (χ1n) is 12.8. The minimum Gasteiger partial charge on any atom is -0.298 e. The van der Waals surface area contributed by atoms with E-state index in [4.69, 9.17) is 4.99 Å². The number of aliphatic imine (C=N–C) groups is 1. The standard InChI is InChI=1S/C31H47NO/c1-11-17-31(18-12-2,30(33)22(5)6)28-16-15-27(20-25(28)9)24(8)21-29(32-19-13-3)26(10)23(7)14-4/h15-16,19-22H,8,11-14,17-18H2,1-7,9-10H3/b26-23+,29-21+,32-19?. The first-order valence-corrected chi connectivity index (χ1v) is 12.8. The van der Waals surface area contributed by atoms with Gasteiger partial charge in [-0.2, -0.15) is 0 Å². The number of benzene rings is 1. The Balaban J connectivity index is 3.55. The summed E-state index contributed by atoms with van der Waals surface area (Å²) in [6, 6.07) is 6.53. The van der Waals surface area contributed by atoms with Crippen molar-refractivity contribution in [2.24, 2.45) is 10.9 Å². The van der Waals surface area contributed by atoms with Crippen molar-refractivity contribution in [3.05, 3.63) is 64.4 Å². The van der Waals surface area contributed by atoms with Gasteiger partial charge in [-0.25, -0.2) is 0 Å². The van der Waals surface area contributed by atoms with Gasteiger partial charge in [-0.05, 0) is 80.4 Å². The zero-order valence-corrected chi connectivity index (χ0v) is 22.8. The molecule has 0 saturated heterocycles. The van der Waals surface area contributed by atoms with Crippen molar-refractivity contribution < 1.29 is 4.79 Å². The normalized spacial score (nSPS) is 13.6. The van der Waals surface area contributed by atoms with Crippen molar-refractivity contribution in [2.45, 2.75) is 106 Å². The van der Waals surface area contributed by atoms with E-state index in [9.17, 15) is 4.79 Å². The maximum atomic E-state index is 13.5. The number of allylic oxidation sites excluding steroid dienone is 4. The molecule has 0 bridgehead atoms. The molecule has 0 spiro atoms. The molecule has 33 heavy (non-hydrogen) atoms. The molecule has 0 unspecified atom stereocenters. The zero-order valence-electron chi connectivity index (χ0n) is 22.8. The molecule has 0 radical (unpaired) electrons. The molecule has 2 heteroatoms. The smallest absolute Gasteiger partial charge is 0.145 e. The predicted molar refractivity (Wildman–Crippen MR) is 147 cm³/mol. The summed E-state index contributed by atoms with van der Waals surface area (Å²) in [7, 11) is 0. The molecule has 0 aromatic heterocycles. The summed E-state index contributed by atoms with van der Waals surface area (Å²) in [5, 5.41) is 0. The van der Waals surface area contributed by atoms with Gasteiger partial charge in [0.15, 0.2) is 0 Å². The topological polar surface area (TPSA) is 29.4 Å². The second kappa shape index (κ2) is 13.5. The number of hydrogen-bond acceptors (Lipinski definition) is 2. The van der Waals surface area contributed by atoms with Crippen LogP contribution < -0.4 is 0 Å². The Kier molecular flexibility index (Phi) is 11.8. The van der Waals surface area contributed by atoms with E-state index in [0.29, 0.717) is 5.78 Å². The molecule has 182 valence electrons. The molecule has 1 aromatic carbocycles. The number of aryl methyl sites for hydroxylation is 1. The highest BCUT2D eigenvalue weighted by Gasteiger charge is 2.40. The van der Waals surface area contributed by atoms with Gasteiger partial charge in [0, 0.05) is 12.1 Å². The van der Waals surface area contributed by atoms with Crippen LogP contribution in [0, 0.1) is 12.8 Å². The molecule has 0 aliphatic carbocycles. The fraction of sp³-hybridized carbons (Fsp3) is 0.548. The molecule has 0 fully saturated rings. The molecule has 0 aliphatic rings. The van der Waals surface area contributed by atoms with Gasteiger partial charge in [-0.15, -0.1) is 0 Å². The average molecular weight is 450 g/mol. The van der Waals surface area contributed by atoms with Gasteiger partial charge in [-0.3, -0.25) is 9.79 Å². The van der Waals surface area contributed by atoms with Gasteiger partial charge in [0.25, 0.3) is 0 Å². The van der Waals surface area contributed by atoms with E-state index in [1.807, 2.05) is 20.1 Å². The Morgan fingerprint density at radius 3 is 2.15 bits per heavy atom. The SMILES string of the molecule is C=C(/C=C(N=CCC)\C(C)=C(/C)CC)c1ccc(C(CCC)(CCC)C(=O)C(C)C)c(C)c1. The lowest BCUT2D eigenvalue weighted by atomic mass is 9.66. The van der Waals surface area contributed by atoms with Gasteiger partial charge < -0.3 is 0 Å². The van der Waals surface area contributed by atoms with Crippen molar-refractivity contribution in [1.82, 2.24) is 0 Å². The van der Waals surface area contributed by atoms with Gasteiger partial charge in [0.2, 0.25) is 0 Å². The van der Waals surface area contributed by atoms with Crippen molar-refractivity contribution >= 4 is 17.6 Å². The summed E-state index contributed by atoms with van der Waals surface area (Å²) in [5.74, 6) is 0.392. The Hall–Kier alpha value is -2.22. The van der Waals surface area contributed by atoms with Crippen LogP contribution in [-0.2, 0) is 10.2 Å². The molecular weight excluding hydrogens is 402 g/mol. The van der Waals surface area contributed by atoms with Crippen LogP contribution in [0.4, 0.5) is 0 Å². The monoisotopic (exact) mass is 449 g/mol. The van der Waals surface area contributed by atoms with E-state index in [1.165, 1.54) is 22.3 Å². The average Bonchev–Trinajstić information content (AvgIpc) is 2.79. The lowest BCUT2D eigenvalue weighted by molar-refractivity contribution is -0.128. The fourth-order valence-corrected chi connectivity index (χ4v) is 4.74. The second-order valence-electron chi connectivity index (χ2n) is 9.66. The minimum absolute atomic E-state index is 0.0237. The number of carbonyl (C=O) groups excluding carboxylic acids is 1. The first kappa shape index (κ1) is 28.8. The Bertz CT molecular complexity index is 905. The second-order valence-corrected chi connectivity index (χ2v) is 9.66. The van der Waals surface area contributed by atoms with E-state index in [0.717, 1.165) is 55.4 Å². The molecule has 0 saturated carbocycles. The fourth-order valence-electron chi connectivity index (χ4n) is 4.74. The maximum absolute atomic E-state index is 13.5. The van der Waals surface area contributed by atoms with E-state index in [2.05, 4.69) is 79.3 Å². The molecule has 0 heterocycles. The molecule has 1 aromatic rings. The number of hydrogen-bond donors (Lipinski definition) is 0. The van der Waals surface area contributed by atoms with Gasteiger partial charge in [0.1, 0.15) is 5.78 Å². The summed E-state index contributed by atoms with van der Waals surface area (Å²) in [5.41, 5.74) is 7.52. The molecule has 0 aliphatic heterocycles. The van der Waals surface area contributed by atoms with Crippen molar-refractivity contribution in [3.63, 3.8) is 0 Å². The number of rotatable bonds is 13. The zero-order chi connectivity index (χ0) is 25.2. The third-order valence-corrected chi connectivity index (χ3v) is 6.74. The number of Topliss-reactive ketones (excluding diaryl/α,β-unsaturated/α-hetero) is 1. The van der Waals surface area contributed by atoms with Crippen LogP contribution in [0.25, 0.3) is 5.57 Å². The van der Waals surface area contributed by atoms with Crippen LogP contribution in [0.3, 0.4) is 0 Å². The maximum Gasteiger partial charge on any atom is 0.145 e. The van der Waals surface area contributed by atoms with E-state index in [1.54, 1.807) is 0 Å². The lowest BCUT2D eigenvalue weighted by Crippen LogP contribution is -2.39. The Morgan fingerprint density at radius 2 is 1.70 bits per heavy atom. The van der Waals surface area contributed by atoms with Gasteiger partial charge in [0.05, 0.1) is 11.1 Å². The van der Waals surface area contributed by atoms with E-state index < -0.39 is 5.41 Å². The minimum atomic E-state index is -0.397. The van der Waals surface area contributed by atoms with Gasteiger partial charge in [-0.1, -0.05) is 84.7 Å². The molecular formula is C31H47NO. The largest absolute Gasteiger partial charge is 0.298 e. The van der Waals surface area contributed by atoms with Crippen LogP contribution in [0.2, 0.25) is 0 Å². The van der Waals surface area contributed by atoms with Crippen molar-refractivity contribution in [1.29, 1.82) is 0 Å². The summed E-state index contributed by atoms with van der Waals surface area (Å²) < 4.78 is 0. The molecule has 0 amide bonds. The van der Waals surface area contributed by atoms with Crippen LogP contribution >= 0.6 is 0 Å².